The molecule has 1 aromatic carbocycles. The summed E-state index contributed by atoms with van der Waals surface area (Å²) in [4.78, 5) is 23.3. The van der Waals surface area contributed by atoms with Gasteiger partial charge in [-0.1, -0.05) is 51.1 Å². The number of nitrogens with one attached hydrogen (secondary N) is 2. The Hall–Kier alpha value is -2.08. The van der Waals surface area contributed by atoms with Crippen molar-refractivity contribution in [3.8, 4) is 0 Å². The summed E-state index contributed by atoms with van der Waals surface area (Å²) in [5.41, 5.74) is 0.670. The minimum absolute atomic E-state index is 0.123. The summed E-state index contributed by atoms with van der Waals surface area (Å²) in [5.74, 6) is -0.220. The van der Waals surface area contributed by atoms with Crippen LogP contribution in [0.1, 0.15) is 32.8 Å². The first-order valence-corrected chi connectivity index (χ1v) is 7.67. The monoisotopic (exact) mass is 322 g/mol. The van der Waals surface area contributed by atoms with Gasteiger partial charge >= 0.3 is 6.09 Å². The fourth-order valence-corrected chi connectivity index (χ4v) is 1.85. The summed E-state index contributed by atoms with van der Waals surface area (Å²) in [7, 11) is 0. The molecule has 3 N–H and O–H groups in total. The van der Waals surface area contributed by atoms with E-state index >= 15 is 0 Å². The van der Waals surface area contributed by atoms with Crippen LogP contribution < -0.4 is 10.6 Å². The van der Waals surface area contributed by atoms with Gasteiger partial charge in [0.2, 0.25) is 5.91 Å². The van der Waals surface area contributed by atoms with Crippen molar-refractivity contribution in [2.75, 3.05) is 13.2 Å². The number of amides is 2. The van der Waals surface area contributed by atoms with Gasteiger partial charge in [0.05, 0.1) is 12.6 Å². The molecule has 1 unspecified atom stereocenters. The molecule has 0 aliphatic heterocycles. The van der Waals surface area contributed by atoms with Crippen LogP contribution in [0, 0.1) is 5.41 Å². The molecule has 0 aliphatic rings. The second-order valence-corrected chi connectivity index (χ2v) is 6.41. The zero-order valence-corrected chi connectivity index (χ0v) is 14.0. The Morgan fingerprint density at radius 2 is 1.87 bits per heavy atom. The lowest BCUT2D eigenvalue weighted by molar-refractivity contribution is -0.122. The van der Waals surface area contributed by atoms with E-state index in [1.54, 1.807) is 0 Å². The smallest absolute Gasteiger partial charge is 0.407 e. The number of ether oxygens (including phenoxy) is 1. The van der Waals surface area contributed by atoms with Crippen LogP contribution in [0.15, 0.2) is 30.3 Å². The predicted molar refractivity (Wildman–Crippen MR) is 87.7 cm³/mol. The SMILES string of the molecule is CC(C)(C)C(CO)NC(=O)CCNC(=O)OCc1ccccc1. The highest BCUT2D eigenvalue weighted by Crippen LogP contribution is 2.18. The van der Waals surface area contributed by atoms with E-state index in [9.17, 15) is 14.7 Å². The van der Waals surface area contributed by atoms with Crippen molar-refractivity contribution in [1.82, 2.24) is 10.6 Å². The number of rotatable bonds is 7. The van der Waals surface area contributed by atoms with E-state index in [4.69, 9.17) is 4.74 Å². The van der Waals surface area contributed by atoms with Crippen molar-refractivity contribution in [2.45, 2.75) is 39.8 Å². The number of benzene rings is 1. The number of alkyl carbamates (subject to hydrolysis) is 1. The normalized spacial score (nSPS) is 12.3. The third kappa shape index (κ3) is 7.65. The first kappa shape index (κ1) is 19.0. The molecule has 0 saturated heterocycles. The van der Waals surface area contributed by atoms with E-state index < -0.39 is 6.09 Å². The van der Waals surface area contributed by atoms with Crippen LogP contribution >= 0.6 is 0 Å². The maximum atomic E-state index is 11.8. The highest BCUT2D eigenvalue weighted by atomic mass is 16.5. The quantitative estimate of drug-likeness (QED) is 0.714. The Labute approximate surface area is 137 Å². The lowest BCUT2D eigenvalue weighted by Gasteiger charge is -2.29. The number of aliphatic hydroxyl groups excluding tert-OH is 1. The predicted octanol–water partition coefficient (Wildman–Crippen LogP) is 1.83. The third-order valence-electron chi connectivity index (χ3n) is 3.40. The van der Waals surface area contributed by atoms with E-state index in [1.165, 1.54) is 0 Å². The van der Waals surface area contributed by atoms with Gasteiger partial charge in [-0.05, 0) is 11.0 Å². The van der Waals surface area contributed by atoms with Gasteiger partial charge in [-0.15, -0.1) is 0 Å². The molecule has 1 aromatic rings. The topological polar surface area (TPSA) is 87.7 Å². The van der Waals surface area contributed by atoms with Gasteiger partial charge in [0, 0.05) is 13.0 Å². The summed E-state index contributed by atoms with van der Waals surface area (Å²) >= 11 is 0. The van der Waals surface area contributed by atoms with Gasteiger partial charge in [-0.25, -0.2) is 4.79 Å². The molecule has 0 bridgehead atoms. The third-order valence-corrected chi connectivity index (χ3v) is 3.40. The highest BCUT2D eigenvalue weighted by Gasteiger charge is 2.25. The first-order chi connectivity index (χ1) is 10.8. The molecule has 1 atom stereocenters. The largest absolute Gasteiger partial charge is 0.445 e. The first-order valence-electron chi connectivity index (χ1n) is 7.67. The van der Waals surface area contributed by atoms with Gasteiger partial charge in [0.25, 0.3) is 0 Å². The average Bonchev–Trinajstić information content (AvgIpc) is 2.50. The van der Waals surface area contributed by atoms with Crippen molar-refractivity contribution in [2.24, 2.45) is 5.41 Å². The van der Waals surface area contributed by atoms with E-state index in [2.05, 4.69) is 10.6 Å². The second-order valence-electron chi connectivity index (χ2n) is 6.41. The summed E-state index contributed by atoms with van der Waals surface area (Å²) in [6, 6.07) is 9.03. The number of hydrogen-bond donors (Lipinski definition) is 3. The zero-order valence-electron chi connectivity index (χ0n) is 14.0. The molecule has 0 fully saturated rings. The number of aliphatic hydroxyl groups is 1. The van der Waals surface area contributed by atoms with Gasteiger partial charge in [-0.3, -0.25) is 4.79 Å². The molecule has 0 radical (unpaired) electrons. The van der Waals surface area contributed by atoms with Crippen LogP contribution in [0.5, 0.6) is 0 Å². The van der Waals surface area contributed by atoms with Crippen molar-refractivity contribution in [3.05, 3.63) is 35.9 Å². The molecule has 6 heteroatoms. The average molecular weight is 322 g/mol. The van der Waals surface area contributed by atoms with Gasteiger partial charge in [-0.2, -0.15) is 0 Å². The maximum absolute atomic E-state index is 11.8. The minimum Gasteiger partial charge on any atom is -0.445 e. The van der Waals surface area contributed by atoms with Gasteiger partial charge < -0.3 is 20.5 Å². The molecule has 6 nitrogen and oxygen atoms in total. The fraction of sp³-hybridized carbons (Fsp3) is 0.529. The lowest BCUT2D eigenvalue weighted by Crippen LogP contribution is -2.46. The van der Waals surface area contributed by atoms with Gasteiger partial charge in [0.15, 0.2) is 0 Å². The van der Waals surface area contributed by atoms with Crippen LogP contribution in [-0.2, 0) is 16.1 Å². The molecule has 1 rings (SSSR count). The maximum Gasteiger partial charge on any atom is 0.407 e. The summed E-state index contributed by atoms with van der Waals surface area (Å²) in [5, 5.41) is 14.6. The molecule has 0 saturated carbocycles. The second kappa shape index (κ2) is 9.15. The van der Waals surface area contributed by atoms with E-state index in [-0.39, 0.29) is 43.5 Å². The molecule has 0 aromatic heterocycles. The highest BCUT2D eigenvalue weighted by molar-refractivity contribution is 5.77. The van der Waals surface area contributed by atoms with Crippen LogP contribution in [0.25, 0.3) is 0 Å². The van der Waals surface area contributed by atoms with E-state index in [0.717, 1.165) is 5.56 Å². The Morgan fingerprint density at radius 3 is 2.43 bits per heavy atom. The van der Waals surface area contributed by atoms with Crippen molar-refractivity contribution in [1.29, 1.82) is 0 Å². The molecule has 0 spiro atoms. The summed E-state index contributed by atoms with van der Waals surface area (Å²) < 4.78 is 5.04. The molecule has 0 heterocycles. The standard InChI is InChI=1S/C17H26N2O4/c1-17(2,3)14(11-20)19-15(21)9-10-18-16(22)23-12-13-7-5-4-6-8-13/h4-8,14,20H,9-12H2,1-3H3,(H,18,22)(H,19,21). The van der Waals surface area contributed by atoms with Crippen LogP contribution in [0.3, 0.4) is 0 Å². The number of carbonyl (C=O) groups excluding carboxylic acids is 2. The Kier molecular flexibility index (Phi) is 7.54. The molecular formula is C17H26N2O4. The van der Waals surface area contributed by atoms with Crippen LogP contribution in [0.4, 0.5) is 4.79 Å². The van der Waals surface area contributed by atoms with Crippen molar-refractivity contribution in [3.63, 3.8) is 0 Å². The lowest BCUT2D eigenvalue weighted by atomic mass is 9.87. The molecule has 0 aliphatic carbocycles. The van der Waals surface area contributed by atoms with E-state index in [1.807, 2.05) is 51.1 Å². The number of carbonyl (C=O) groups is 2. The molecule has 23 heavy (non-hydrogen) atoms. The van der Waals surface area contributed by atoms with Crippen LogP contribution in [0.2, 0.25) is 0 Å². The van der Waals surface area contributed by atoms with Crippen LogP contribution in [-0.4, -0.2) is 36.3 Å². The summed E-state index contributed by atoms with van der Waals surface area (Å²) in [6.07, 6.45) is -0.427. The molecule has 128 valence electrons. The summed E-state index contributed by atoms with van der Waals surface area (Å²) in [6.45, 7) is 6.06. The minimum atomic E-state index is -0.559. The van der Waals surface area contributed by atoms with E-state index in [0.29, 0.717) is 0 Å². The van der Waals surface area contributed by atoms with Crippen molar-refractivity contribution >= 4 is 12.0 Å². The Bertz CT molecular complexity index is 497. The Balaban J connectivity index is 2.22. The van der Waals surface area contributed by atoms with Gasteiger partial charge in [0.1, 0.15) is 6.61 Å². The molecular weight excluding hydrogens is 296 g/mol. The van der Waals surface area contributed by atoms with Crippen molar-refractivity contribution < 1.29 is 19.4 Å². The Morgan fingerprint density at radius 1 is 1.22 bits per heavy atom. The number of hydrogen-bond acceptors (Lipinski definition) is 4. The zero-order chi connectivity index (χ0) is 17.3. The molecule has 2 amide bonds. The fourth-order valence-electron chi connectivity index (χ4n) is 1.85.